The van der Waals surface area contributed by atoms with E-state index < -0.39 is 0 Å². The van der Waals surface area contributed by atoms with Crippen molar-refractivity contribution in [3.05, 3.63) is 63.9 Å². The third-order valence-corrected chi connectivity index (χ3v) is 3.31. The number of ether oxygens (including phenoxy) is 1. The smallest absolute Gasteiger partial charge is 0.124 e. The van der Waals surface area contributed by atoms with E-state index in [-0.39, 0.29) is 12.4 Å². The molecule has 0 aliphatic rings. The van der Waals surface area contributed by atoms with Crippen molar-refractivity contribution in [2.24, 2.45) is 0 Å². The van der Waals surface area contributed by atoms with E-state index in [1.54, 1.807) is 31.3 Å². The van der Waals surface area contributed by atoms with Crippen molar-refractivity contribution in [2.75, 3.05) is 7.05 Å². The minimum Gasteiger partial charge on any atom is -0.489 e. The first-order chi connectivity index (χ1) is 10.1. The third-order valence-electron chi connectivity index (χ3n) is 2.96. The summed E-state index contributed by atoms with van der Waals surface area (Å²) in [6.45, 7) is 0.765. The van der Waals surface area contributed by atoms with Crippen molar-refractivity contribution in [3.8, 4) is 11.8 Å². The summed E-state index contributed by atoms with van der Waals surface area (Å²) < 4.78 is 19.0. The van der Waals surface area contributed by atoms with Crippen molar-refractivity contribution in [3.63, 3.8) is 0 Å². The maximum absolute atomic E-state index is 13.2. The SMILES string of the molecule is CNCc1cc(F)ccc1OCc1ccc(C#N)cc1Cl. The first-order valence-corrected chi connectivity index (χ1v) is 6.76. The second kappa shape index (κ2) is 7.07. The molecule has 1 N–H and O–H groups in total. The molecule has 0 radical (unpaired) electrons. The van der Waals surface area contributed by atoms with Gasteiger partial charge in [0, 0.05) is 22.7 Å². The largest absolute Gasteiger partial charge is 0.489 e. The van der Waals surface area contributed by atoms with Gasteiger partial charge in [0.1, 0.15) is 18.2 Å². The summed E-state index contributed by atoms with van der Waals surface area (Å²) in [6, 6.07) is 11.4. The number of rotatable bonds is 5. The van der Waals surface area contributed by atoms with Gasteiger partial charge in [-0.25, -0.2) is 4.39 Å². The zero-order valence-corrected chi connectivity index (χ0v) is 12.2. The van der Waals surface area contributed by atoms with E-state index in [1.165, 1.54) is 12.1 Å². The molecule has 0 saturated heterocycles. The van der Waals surface area contributed by atoms with E-state index in [2.05, 4.69) is 5.32 Å². The fraction of sp³-hybridized carbons (Fsp3) is 0.188. The molecule has 0 aromatic heterocycles. The van der Waals surface area contributed by atoms with Crippen LogP contribution in [0.5, 0.6) is 5.75 Å². The number of hydrogen-bond acceptors (Lipinski definition) is 3. The van der Waals surface area contributed by atoms with Crippen molar-refractivity contribution in [1.29, 1.82) is 5.26 Å². The Labute approximate surface area is 127 Å². The topological polar surface area (TPSA) is 45.0 Å². The van der Waals surface area contributed by atoms with Gasteiger partial charge in [-0.2, -0.15) is 5.26 Å². The van der Waals surface area contributed by atoms with Crippen molar-refractivity contribution in [1.82, 2.24) is 5.32 Å². The minimum absolute atomic E-state index is 0.257. The van der Waals surface area contributed by atoms with Gasteiger partial charge in [-0.3, -0.25) is 0 Å². The molecule has 0 spiro atoms. The van der Waals surface area contributed by atoms with Gasteiger partial charge in [-0.15, -0.1) is 0 Å². The predicted octanol–water partition coefficient (Wildman–Crippen LogP) is 3.65. The molecule has 0 aliphatic heterocycles. The average Bonchev–Trinajstić information content (AvgIpc) is 2.48. The highest BCUT2D eigenvalue weighted by Crippen LogP contribution is 2.23. The maximum Gasteiger partial charge on any atom is 0.124 e. The van der Waals surface area contributed by atoms with Gasteiger partial charge in [-0.05, 0) is 37.4 Å². The highest BCUT2D eigenvalue weighted by Gasteiger charge is 2.07. The van der Waals surface area contributed by atoms with Crippen LogP contribution in [-0.2, 0) is 13.2 Å². The van der Waals surface area contributed by atoms with E-state index in [0.717, 1.165) is 11.1 Å². The molecule has 0 heterocycles. The lowest BCUT2D eigenvalue weighted by molar-refractivity contribution is 0.302. The number of benzene rings is 2. The Hall–Kier alpha value is -2.09. The Morgan fingerprint density at radius 2 is 2.05 bits per heavy atom. The molecule has 5 heteroatoms. The minimum atomic E-state index is -0.302. The monoisotopic (exact) mass is 304 g/mol. The Morgan fingerprint density at radius 1 is 1.24 bits per heavy atom. The van der Waals surface area contributed by atoms with E-state index in [4.69, 9.17) is 21.6 Å². The number of nitrogens with one attached hydrogen (secondary N) is 1. The molecule has 3 nitrogen and oxygen atoms in total. The second-order valence-electron chi connectivity index (χ2n) is 4.49. The Kier molecular flexibility index (Phi) is 5.15. The van der Waals surface area contributed by atoms with Crippen LogP contribution >= 0.6 is 11.6 Å². The van der Waals surface area contributed by atoms with Crippen LogP contribution in [0, 0.1) is 17.1 Å². The summed E-state index contributed by atoms with van der Waals surface area (Å²) in [5.41, 5.74) is 2.01. The lowest BCUT2D eigenvalue weighted by Gasteiger charge is -2.12. The third kappa shape index (κ3) is 3.94. The lowest BCUT2D eigenvalue weighted by atomic mass is 10.1. The average molecular weight is 305 g/mol. The molecule has 0 aliphatic carbocycles. The van der Waals surface area contributed by atoms with E-state index in [0.29, 0.717) is 22.9 Å². The Bertz CT molecular complexity index is 682. The molecule has 108 valence electrons. The highest BCUT2D eigenvalue weighted by atomic mass is 35.5. The highest BCUT2D eigenvalue weighted by molar-refractivity contribution is 6.31. The van der Waals surface area contributed by atoms with Crippen LogP contribution in [-0.4, -0.2) is 7.05 Å². The fourth-order valence-corrected chi connectivity index (χ4v) is 2.14. The second-order valence-corrected chi connectivity index (χ2v) is 4.90. The normalized spacial score (nSPS) is 10.2. The lowest BCUT2D eigenvalue weighted by Crippen LogP contribution is -2.08. The van der Waals surface area contributed by atoms with Crippen LogP contribution in [0.25, 0.3) is 0 Å². The Balaban J connectivity index is 2.15. The van der Waals surface area contributed by atoms with E-state index >= 15 is 0 Å². The van der Waals surface area contributed by atoms with Gasteiger partial charge in [0.15, 0.2) is 0 Å². The van der Waals surface area contributed by atoms with Crippen LogP contribution in [0.3, 0.4) is 0 Å². The molecule has 21 heavy (non-hydrogen) atoms. The quantitative estimate of drug-likeness (QED) is 0.917. The van der Waals surface area contributed by atoms with Crippen molar-refractivity contribution < 1.29 is 9.13 Å². The van der Waals surface area contributed by atoms with Crippen LogP contribution in [0.2, 0.25) is 5.02 Å². The maximum atomic E-state index is 13.2. The molecule has 0 saturated carbocycles. The summed E-state index contributed by atoms with van der Waals surface area (Å²) in [6.07, 6.45) is 0. The van der Waals surface area contributed by atoms with Crippen LogP contribution in [0.1, 0.15) is 16.7 Å². The molecular formula is C16H14ClFN2O. The number of hydrogen-bond donors (Lipinski definition) is 1. The van der Waals surface area contributed by atoms with Crippen molar-refractivity contribution >= 4 is 11.6 Å². The fourth-order valence-electron chi connectivity index (χ4n) is 1.91. The van der Waals surface area contributed by atoms with Crippen molar-refractivity contribution in [2.45, 2.75) is 13.2 Å². The van der Waals surface area contributed by atoms with Gasteiger partial charge in [0.2, 0.25) is 0 Å². The molecule has 0 amide bonds. The zero-order valence-electron chi connectivity index (χ0n) is 11.5. The first kappa shape index (κ1) is 15.3. The number of nitrogens with zero attached hydrogens (tertiary/aromatic N) is 1. The summed E-state index contributed by atoms with van der Waals surface area (Å²) in [5.74, 6) is 0.301. The molecule has 0 bridgehead atoms. The molecule has 2 aromatic rings. The van der Waals surface area contributed by atoms with Gasteiger partial charge in [0.25, 0.3) is 0 Å². The standard InChI is InChI=1S/C16H14ClFN2O/c1-20-9-13-7-14(18)4-5-16(13)21-10-12-3-2-11(8-19)6-15(12)17/h2-7,20H,9-10H2,1H3. The number of halogens is 2. The summed E-state index contributed by atoms with van der Waals surface area (Å²) >= 11 is 6.10. The Morgan fingerprint density at radius 3 is 2.71 bits per heavy atom. The molecule has 2 rings (SSSR count). The molecule has 0 fully saturated rings. The molecular weight excluding hydrogens is 291 g/mol. The van der Waals surface area contributed by atoms with Gasteiger partial charge >= 0.3 is 0 Å². The van der Waals surface area contributed by atoms with Crippen LogP contribution in [0.4, 0.5) is 4.39 Å². The molecule has 2 aromatic carbocycles. The predicted molar refractivity (Wildman–Crippen MR) is 79.7 cm³/mol. The number of nitriles is 1. The first-order valence-electron chi connectivity index (χ1n) is 6.38. The zero-order chi connectivity index (χ0) is 15.2. The van der Waals surface area contributed by atoms with Gasteiger partial charge in [-0.1, -0.05) is 17.7 Å². The summed E-state index contributed by atoms with van der Waals surface area (Å²) in [5, 5.41) is 12.2. The summed E-state index contributed by atoms with van der Waals surface area (Å²) in [4.78, 5) is 0. The van der Waals surface area contributed by atoms with Gasteiger partial charge < -0.3 is 10.1 Å². The molecule has 0 unspecified atom stereocenters. The van der Waals surface area contributed by atoms with Gasteiger partial charge in [0.05, 0.1) is 11.6 Å². The van der Waals surface area contributed by atoms with Crippen LogP contribution in [0.15, 0.2) is 36.4 Å². The van der Waals surface area contributed by atoms with E-state index in [9.17, 15) is 4.39 Å². The molecule has 0 atom stereocenters. The van der Waals surface area contributed by atoms with Crippen LogP contribution < -0.4 is 10.1 Å². The van der Waals surface area contributed by atoms with E-state index in [1.807, 2.05) is 6.07 Å². The summed E-state index contributed by atoms with van der Waals surface area (Å²) in [7, 11) is 1.78.